The lowest BCUT2D eigenvalue weighted by Gasteiger charge is -2.23. The van der Waals surface area contributed by atoms with E-state index in [0.717, 1.165) is 39.3 Å². The molecule has 94 valence electrons. The number of hydrogen-bond donors (Lipinski definition) is 1. The van der Waals surface area contributed by atoms with Crippen LogP contribution in [0.2, 0.25) is 0 Å². The van der Waals surface area contributed by atoms with Crippen molar-refractivity contribution in [3.8, 4) is 0 Å². The first-order chi connectivity index (χ1) is 8.38. The summed E-state index contributed by atoms with van der Waals surface area (Å²) in [5.41, 5.74) is 1.28. The van der Waals surface area contributed by atoms with Crippen LogP contribution < -0.4 is 5.32 Å². The molecule has 0 amide bonds. The summed E-state index contributed by atoms with van der Waals surface area (Å²) in [5.74, 6) is 0.583. The van der Waals surface area contributed by atoms with E-state index in [9.17, 15) is 0 Å². The van der Waals surface area contributed by atoms with Gasteiger partial charge in [0.05, 0.1) is 6.61 Å². The maximum atomic E-state index is 5.26. The number of ether oxygens (including phenoxy) is 1. The molecule has 4 nitrogen and oxygen atoms in total. The summed E-state index contributed by atoms with van der Waals surface area (Å²) >= 11 is 0. The summed E-state index contributed by atoms with van der Waals surface area (Å²) in [4.78, 5) is 6.63. The molecule has 1 atom stereocenters. The molecule has 0 aromatic carbocycles. The smallest absolute Gasteiger partial charge is 0.0514 e. The summed E-state index contributed by atoms with van der Waals surface area (Å²) in [6.45, 7) is 6.11. The molecule has 1 aromatic heterocycles. The fourth-order valence-electron chi connectivity index (χ4n) is 2.31. The molecule has 1 aromatic rings. The van der Waals surface area contributed by atoms with Gasteiger partial charge >= 0.3 is 0 Å². The fourth-order valence-corrected chi connectivity index (χ4v) is 2.31. The Hall–Kier alpha value is -0.970. The highest BCUT2D eigenvalue weighted by molar-refractivity contribution is 5.08. The molecule has 1 aliphatic heterocycles. The van der Waals surface area contributed by atoms with Crippen LogP contribution in [0.25, 0.3) is 0 Å². The molecule has 1 N–H and O–H groups in total. The Morgan fingerprint density at radius 3 is 3.29 bits per heavy atom. The lowest BCUT2D eigenvalue weighted by molar-refractivity contribution is 0.129. The van der Waals surface area contributed by atoms with Crippen LogP contribution in [-0.4, -0.2) is 49.8 Å². The number of nitrogens with zero attached hydrogens (tertiary/aromatic N) is 2. The molecule has 0 spiro atoms. The molecule has 1 saturated heterocycles. The van der Waals surface area contributed by atoms with Crippen molar-refractivity contribution in [1.82, 2.24) is 15.2 Å². The van der Waals surface area contributed by atoms with E-state index >= 15 is 0 Å². The first-order valence-corrected chi connectivity index (χ1v) is 6.19. The van der Waals surface area contributed by atoms with Gasteiger partial charge in [-0.15, -0.1) is 0 Å². The van der Waals surface area contributed by atoms with Crippen LogP contribution in [0.1, 0.15) is 5.56 Å². The van der Waals surface area contributed by atoms with Gasteiger partial charge in [0.1, 0.15) is 0 Å². The molecule has 1 fully saturated rings. The topological polar surface area (TPSA) is 37.4 Å². The molecule has 1 unspecified atom stereocenters. The van der Waals surface area contributed by atoms with Gasteiger partial charge in [-0.05, 0) is 11.6 Å². The van der Waals surface area contributed by atoms with Gasteiger partial charge in [0.25, 0.3) is 0 Å². The van der Waals surface area contributed by atoms with Gasteiger partial charge in [0.15, 0.2) is 0 Å². The fraction of sp³-hybridized carbons (Fsp3) is 0.615. The number of hydrogen-bond acceptors (Lipinski definition) is 4. The largest absolute Gasteiger partial charge is 0.384 e. The molecular formula is C13H21N3O. The summed E-state index contributed by atoms with van der Waals surface area (Å²) in [7, 11) is 1.77. The van der Waals surface area contributed by atoms with E-state index in [0.29, 0.717) is 5.92 Å². The minimum Gasteiger partial charge on any atom is -0.384 e. The minimum absolute atomic E-state index is 0.583. The second-order valence-electron chi connectivity index (χ2n) is 4.62. The highest BCUT2D eigenvalue weighted by Gasteiger charge is 2.17. The Morgan fingerprint density at radius 2 is 2.53 bits per heavy atom. The van der Waals surface area contributed by atoms with Gasteiger partial charge in [0.2, 0.25) is 0 Å². The van der Waals surface area contributed by atoms with Crippen LogP contribution in [-0.2, 0) is 11.3 Å². The van der Waals surface area contributed by atoms with Crippen molar-refractivity contribution in [2.24, 2.45) is 5.92 Å². The van der Waals surface area contributed by atoms with E-state index in [2.05, 4.69) is 21.3 Å². The predicted molar refractivity (Wildman–Crippen MR) is 67.7 cm³/mol. The quantitative estimate of drug-likeness (QED) is 0.835. The van der Waals surface area contributed by atoms with Crippen molar-refractivity contribution in [1.29, 1.82) is 0 Å². The zero-order valence-corrected chi connectivity index (χ0v) is 10.4. The summed E-state index contributed by atoms with van der Waals surface area (Å²) in [6, 6.07) is 4.13. The molecule has 0 bridgehead atoms. The molecule has 4 heteroatoms. The van der Waals surface area contributed by atoms with Gasteiger partial charge in [0, 0.05) is 58.1 Å². The third kappa shape index (κ3) is 4.07. The number of pyridine rings is 1. The normalized spacial score (nSPS) is 22.3. The van der Waals surface area contributed by atoms with E-state index in [1.54, 1.807) is 7.11 Å². The van der Waals surface area contributed by atoms with Crippen LogP contribution in [0.3, 0.4) is 0 Å². The molecule has 1 aliphatic rings. The third-order valence-corrected chi connectivity index (χ3v) is 3.09. The van der Waals surface area contributed by atoms with Crippen molar-refractivity contribution < 1.29 is 4.74 Å². The number of aromatic nitrogens is 1. The maximum absolute atomic E-state index is 5.26. The number of nitrogens with one attached hydrogen (secondary N) is 1. The molecule has 2 rings (SSSR count). The van der Waals surface area contributed by atoms with Crippen LogP contribution in [0.5, 0.6) is 0 Å². The first kappa shape index (κ1) is 12.5. The lowest BCUT2D eigenvalue weighted by atomic mass is 10.1. The first-order valence-electron chi connectivity index (χ1n) is 6.19. The Kier molecular flexibility index (Phi) is 4.91. The maximum Gasteiger partial charge on any atom is 0.0514 e. The van der Waals surface area contributed by atoms with Crippen LogP contribution in [0, 0.1) is 5.92 Å². The molecular weight excluding hydrogens is 214 g/mol. The highest BCUT2D eigenvalue weighted by atomic mass is 16.5. The molecule has 17 heavy (non-hydrogen) atoms. The number of methoxy groups -OCH3 is 1. The van der Waals surface area contributed by atoms with Crippen molar-refractivity contribution in [2.75, 3.05) is 39.9 Å². The summed E-state index contributed by atoms with van der Waals surface area (Å²) in [6.07, 6.45) is 3.77. The third-order valence-electron chi connectivity index (χ3n) is 3.09. The molecule has 0 saturated carbocycles. The lowest BCUT2D eigenvalue weighted by Crippen LogP contribution is -2.31. The molecule has 2 heterocycles. The van der Waals surface area contributed by atoms with E-state index in [4.69, 9.17) is 4.74 Å². The van der Waals surface area contributed by atoms with Crippen LogP contribution in [0.4, 0.5) is 0 Å². The Balaban J connectivity index is 1.90. The molecule has 0 radical (unpaired) electrons. The van der Waals surface area contributed by atoms with Gasteiger partial charge < -0.3 is 10.1 Å². The molecule has 0 aliphatic carbocycles. The van der Waals surface area contributed by atoms with Crippen LogP contribution in [0.15, 0.2) is 24.5 Å². The van der Waals surface area contributed by atoms with Crippen molar-refractivity contribution in [2.45, 2.75) is 6.54 Å². The van der Waals surface area contributed by atoms with Gasteiger partial charge in [-0.2, -0.15) is 0 Å². The van der Waals surface area contributed by atoms with Crippen LogP contribution >= 0.6 is 0 Å². The second kappa shape index (κ2) is 6.69. The average molecular weight is 235 g/mol. The van der Waals surface area contributed by atoms with E-state index < -0.39 is 0 Å². The highest BCUT2D eigenvalue weighted by Crippen LogP contribution is 2.08. The van der Waals surface area contributed by atoms with Crippen molar-refractivity contribution in [3.63, 3.8) is 0 Å². The SMILES string of the molecule is COCC1CNCCN(Cc2cccnc2)C1. The van der Waals surface area contributed by atoms with Gasteiger partial charge in [-0.1, -0.05) is 6.07 Å². The standard InChI is InChI=1S/C13H21N3O/c1-17-11-13-8-15-5-6-16(10-13)9-12-3-2-4-14-7-12/h2-4,7,13,15H,5-6,8-11H2,1H3. The van der Waals surface area contributed by atoms with E-state index in [1.165, 1.54) is 5.56 Å². The Labute approximate surface area is 103 Å². The van der Waals surface area contributed by atoms with E-state index in [-0.39, 0.29) is 0 Å². The summed E-state index contributed by atoms with van der Waals surface area (Å²) < 4.78 is 5.26. The van der Waals surface area contributed by atoms with Crippen molar-refractivity contribution in [3.05, 3.63) is 30.1 Å². The minimum atomic E-state index is 0.583. The predicted octanol–water partition coefficient (Wildman–Crippen LogP) is 0.749. The Morgan fingerprint density at radius 1 is 1.59 bits per heavy atom. The van der Waals surface area contributed by atoms with Gasteiger partial charge in [-0.25, -0.2) is 0 Å². The van der Waals surface area contributed by atoms with E-state index in [1.807, 2.05) is 18.5 Å². The average Bonchev–Trinajstić information content (AvgIpc) is 2.56. The monoisotopic (exact) mass is 235 g/mol. The zero-order valence-electron chi connectivity index (χ0n) is 10.4. The number of rotatable bonds is 4. The summed E-state index contributed by atoms with van der Waals surface area (Å²) in [5, 5.41) is 3.46. The zero-order chi connectivity index (χ0) is 11.9. The Bertz CT molecular complexity index is 318. The van der Waals surface area contributed by atoms with Crippen molar-refractivity contribution >= 4 is 0 Å². The second-order valence-corrected chi connectivity index (χ2v) is 4.62. The van der Waals surface area contributed by atoms with Gasteiger partial charge in [-0.3, -0.25) is 9.88 Å².